The first kappa shape index (κ1) is 31.3. The highest BCUT2D eigenvalue weighted by atomic mass is 16.2. The van der Waals surface area contributed by atoms with Crippen LogP contribution in [0.3, 0.4) is 0 Å². The molecule has 0 aliphatic heterocycles. The molecule has 0 radical (unpaired) electrons. The highest BCUT2D eigenvalue weighted by molar-refractivity contribution is 5.91. The van der Waals surface area contributed by atoms with Gasteiger partial charge in [-0.3, -0.25) is 14.4 Å². The smallest absolute Gasteiger partial charge is 0.224 e. The van der Waals surface area contributed by atoms with Crippen LogP contribution in [-0.4, -0.2) is 11.8 Å². The van der Waals surface area contributed by atoms with Crippen molar-refractivity contribution in [2.45, 2.75) is 117 Å². The van der Waals surface area contributed by atoms with Crippen LogP contribution in [0.1, 0.15) is 117 Å². The van der Waals surface area contributed by atoms with Gasteiger partial charge in [0.05, 0.1) is 5.69 Å². The SMILES string of the molecule is CCCCCCCCCC(=O)Nc1ccc(-c2ccc(NC(=O)CCCCCCCCC)c(=O)cc2)cc1. The molecule has 0 spiro atoms. The van der Waals surface area contributed by atoms with Crippen molar-refractivity contribution in [2.75, 3.05) is 10.6 Å². The van der Waals surface area contributed by atoms with Gasteiger partial charge >= 0.3 is 0 Å². The Hall–Kier alpha value is -2.95. The summed E-state index contributed by atoms with van der Waals surface area (Å²) in [6.45, 7) is 4.42. The molecule has 0 aliphatic rings. The number of carbonyl (C=O) groups is 2. The fourth-order valence-corrected chi connectivity index (χ4v) is 4.53. The lowest BCUT2D eigenvalue weighted by molar-refractivity contribution is -0.117. The zero-order valence-corrected chi connectivity index (χ0v) is 23.7. The molecule has 2 N–H and O–H groups in total. The van der Waals surface area contributed by atoms with E-state index in [2.05, 4.69) is 24.5 Å². The molecule has 2 rings (SSSR count). The molecule has 0 saturated heterocycles. The van der Waals surface area contributed by atoms with E-state index >= 15 is 0 Å². The molecule has 5 heteroatoms. The van der Waals surface area contributed by atoms with Gasteiger partial charge in [-0.1, -0.05) is 115 Å². The molecular weight excluding hydrogens is 472 g/mol. The van der Waals surface area contributed by atoms with Crippen LogP contribution in [0.15, 0.2) is 53.3 Å². The molecule has 0 atom stereocenters. The molecule has 2 aromatic carbocycles. The molecular formula is C33H48N2O3. The van der Waals surface area contributed by atoms with Crippen LogP contribution in [0.2, 0.25) is 0 Å². The third-order valence-corrected chi connectivity index (χ3v) is 6.90. The average molecular weight is 521 g/mol. The lowest BCUT2D eigenvalue weighted by Gasteiger charge is -2.07. The molecule has 2 amide bonds. The van der Waals surface area contributed by atoms with Gasteiger partial charge in [0.25, 0.3) is 0 Å². The molecule has 0 unspecified atom stereocenters. The van der Waals surface area contributed by atoms with Gasteiger partial charge in [0.1, 0.15) is 0 Å². The van der Waals surface area contributed by atoms with E-state index in [1.165, 1.54) is 63.9 Å². The molecule has 0 heterocycles. The van der Waals surface area contributed by atoms with Crippen LogP contribution >= 0.6 is 0 Å². The van der Waals surface area contributed by atoms with Gasteiger partial charge in [0.2, 0.25) is 17.2 Å². The summed E-state index contributed by atoms with van der Waals surface area (Å²) < 4.78 is 0. The predicted octanol–water partition coefficient (Wildman–Crippen LogP) is 8.87. The molecule has 5 nitrogen and oxygen atoms in total. The fraction of sp³-hybridized carbons (Fsp3) is 0.545. The molecule has 2 aromatic rings. The van der Waals surface area contributed by atoms with Crippen molar-refractivity contribution in [3.8, 4) is 11.1 Å². The highest BCUT2D eigenvalue weighted by Crippen LogP contribution is 2.21. The summed E-state index contributed by atoms with van der Waals surface area (Å²) in [6.07, 6.45) is 17.4. The number of unbranched alkanes of at least 4 members (excludes halogenated alkanes) is 12. The fourth-order valence-electron chi connectivity index (χ4n) is 4.53. The molecule has 0 aromatic heterocycles. The van der Waals surface area contributed by atoms with Crippen molar-refractivity contribution in [1.82, 2.24) is 0 Å². The standard InChI is InChI=1S/C33H48N2O3/c1-3-5-7-9-11-13-15-17-32(37)34-29-23-19-27(20-24-29)28-21-25-30(31(36)26-22-28)35-33(38)18-16-14-12-10-8-6-4-2/h19-26H,3-18H2,1-2H3,(H,34,37)(H,35,36,38). The van der Waals surface area contributed by atoms with Gasteiger partial charge in [-0.05, 0) is 48.2 Å². The average Bonchev–Trinajstić information content (AvgIpc) is 3.09. The first-order chi connectivity index (χ1) is 18.5. The number of rotatable bonds is 19. The summed E-state index contributed by atoms with van der Waals surface area (Å²) in [5.74, 6) is -0.0645. The number of hydrogen-bond acceptors (Lipinski definition) is 3. The number of benzene rings is 1. The normalized spacial score (nSPS) is 10.8. The van der Waals surface area contributed by atoms with Gasteiger partial charge in [0, 0.05) is 18.5 Å². The van der Waals surface area contributed by atoms with E-state index in [1.807, 2.05) is 30.3 Å². The van der Waals surface area contributed by atoms with Crippen molar-refractivity contribution in [3.05, 3.63) is 58.8 Å². The summed E-state index contributed by atoms with van der Waals surface area (Å²) in [6, 6.07) is 14.4. The molecule has 38 heavy (non-hydrogen) atoms. The summed E-state index contributed by atoms with van der Waals surface area (Å²) in [5, 5.41) is 5.76. The number of anilines is 2. The Morgan fingerprint density at radius 2 is 0.947 bits per heavy atom. The van der Waals surface area contributed by atoms with E-state index in [4.69, 9.17) is 0 Å². The number of nitrogens with one attached hydrogen (secondary N) is 2. The summed E-state index contributed by atoms with van der Waals surface area (Å²) in [5.41, 5.74) is 2.67. The van der Waals surface area contributed by atoms with Crippen LogP contribution < -0.4 is 16.1 Å². The number of amides is 2. The van der Waals surface area contributed by atoms with Crippen molar-refractivity contribution in [2.24, 2.45) is 0 Å². The van der Waals surface area contributed by atoms with E-state index < -0.39 is 0 Å². The topological polar surface area (TPSA) is 75.3 Å². The van der Waals surface area contributed by atoms with Crippen LogP contribution in [0.5, 0.6) is 0 Å². The monoisotopic (exact) mass is 520 g/mol. The van der Waals surface area contributed by atoms with Gasteiger partial charge in [-0.15, -0.1) is 0 Å². The van der Waals surface area contributed by atoms with Crippen molar-refractivity contribution in [3.63, 3.8) is 0 Å². The molecule has 0 aliphatic carbocycles. The maximum absolute atomic E-state index is 12.5. The molecule has 0 saturated carbocycles. The largest absolute Gasteiger partial charge is 0.326 e. The third kappa shape index (κ3) is 13.0. The zero-order valence-electron chi connectivity index (χ0n) is 23.7. The minimum Gasteiger partial charge on any atom is -0.326 e. The first-order valence-electron chi connectivity index (χ1n) is 14.9. The zero-order chi connectivity index (χ0) is 27.4. The minimum atomic E-state index is -0.210. The van der Waals surface area contributed by atoms with Crippen molar-refractivity contribution < 1.29 is 9.59 Å². The maximum Gasteiger partial charge on any atom is 0.224 e. The van der Waals surface area contributed by atoms with E-state index in [0.717, 1.165) is 48.9 Å². The second kappa shape index (κ2) is 19.2. The summed E-state index contributed by atoms with van der Waals surface area (Å²) >= 11 is 0. The maximum atomic E-state index is 12.5. The lowest BCUT2D eigenvalue weighted by Crippen LogP contribution is -2.16. The molecule has 0 bridgehead atoms. The van der Waals surface area contributed by atoms with E-state index in [-0.39, 0.29) is 17.2 Å². The van der Waals surface area contributed by atoms with Crippen LogP contribution in [0.4, 0.5) is 11.4 Å². The Balaban J connectivity index is 1.80. The minimum absolute atomic E-state index is 0.0466. The van der Waals surface area contributed by atoms with Crippen molar-refractivity contribution in [1.29, 1.82) is 0 Å². The highest BCUT2D eigenvalue weighted by Gasteiger charge is 2.07. The van der Waals surface area contributed by atoms with E-state index in [1.54, 1.807) is 12.1 Å². The lowest BCUT2D eigenvalue weighted by atomic mass is 10.1. The second-order valence-corrected chi connectivity index (χ2v) is 10.3. The Morgan fingerprint density at radius 3 is 1.47 bits per heavy atom. The Labute approximate surface area is 229 Å². The number of carbonyl (C=O) groups excluding carboxylic acids is 2. The van der Waals surface area contributed by atoms with Gasteiger partial charge in [-0.2, -0.15) is 0 Å². The van der Waals surface area contributed by atoms with Gasteiger partial charge in [-0.25, -0.2) is 0 Å². The summed E-state index contributed by atoms with van der Waals surface area (Å²) in [7, 11) is 0. The molecule has 208 valence electrons. The Morgan fingerprint density at radius 1 is 0.526 bits per heavy atom. The molecule has 0 fully saturated rings. The van der Waals surface area contributed by atoms with Gasteiger partial charge in [0.15, 0.2) is 0 Å². The third-order valence-electron chi connectivity index (χ3n) is 6.90. The van der Waals surface area contributed by atoms with Gasteiger partial charge < -0.3 is 10.6 Å². The second-order valence-electron chi connectivity index (χ2n) is 10.3. The summed E-state index contributed by atoms with van der Waals surface area (Å²) in [4.78, 5) is 37.1. The Bertz CT molecular complexity index is 1020. The quantitative estimate of drug-likeness (QED) is 0.182. The van der Waals surface area contributed by atoms with Crippen molar-refractivity contribution >= 4 is 23.2 Å². The van der Waals surface area contributed by atoms with E-state index in [0.29, 0.717) is 18.5 Å². The first-order valence-corrected chi connectivity index (χ1v) is 14.9. The van der Waals surface area contributed by atoms with Crippen LogP contribution in [0.25, 0.3) is 11.1 Å². The van der Waals surface area contributed by atoms with Crippen LogP contribution in [-0.2, 0) is 9.59 Å². The number of hydrogen-bond donors (Lipinski definition) is 2. The van der Waals surface area contributed by atoms with Crippen LogP contribution in [0, 0.1) is 0 Å². The predicted molar refractivity (Wildman–Crippen MR) is 161 cm³/mol. The Kier molecular flexibility index (Phi) is 15.8. The van der Waals surface area contributed by atoms with E-state index in [9.17, 15) is 14.4 Å².